The average molecular weight is 489 g/mol. The van der Waals surface area contributed by atoms with Crippen molar-refractivity contribution in [3.8, 4) is 5.69 Å². The first-order valence-corrected chi connectivity index (χ1v) is 10.4. The van der Waals surface area contributed by atoms with Crippen LogP contribution in [0.4, 0.5) is 17.6 Å². The van der Waals surface area contributed by atoms with Gasteiger partial charge in [-0.2, -0.15) is 13.2 Å². The first kappa shape index (κ1) is 24.2. The topological polar surface area (TPSA) is 65.1 Å². The highest BCUT2D eigenvalue weighted by Crippen LogP contribution is 2.35. The summed E-state index contributed by atoms with van der Waals surface area (Å²) < 4.78 is 58.6. The molecule has 0 unspecified atom stereocenters. The van der Waals surface area contributed by atoms with E-state index in [2.05, 4.69) is 4.98 Å². The summed E-state index contributed by atoms with van der Waals surface area (Å²) in [5.74, 6) is -1.41. The van der Waals surface area contributed by atoms with Crippen LogP contribution in [-0.4, -0.2) is 36.0 Å². The highest BCUT2D eigenvalue weighted by molar-refractivity contribution is 5.94. The number of rotatable bonds is 3. The number of benzene rings is 1. The van der Waals surface area contributed by atoms with Gasteiger partial charge in [0.25, 0.3) is 11.5 Å². The molecule has 3 aromatic heterocycles. The second-order valence-corrected chi connectivity index (χ2v) is 8.33. The molecule has 0 radical (unpaired) electrons. The SMILES string of the molecule is C.Cc1cn(-c2ccc3n(c2=O)CCN(Cc2cn(C)c4c(F)cc(C(F)(F)F)cc24)C3=O)cn1. The molecule has 7 nitrogen and oxygen atoms in total. The van der Waals surface area contributed by atoms with E-state index >= 15 is 0 Å². The van der Waals surface area contributed by atoms with E-state index in [0.717, 1.165) is 11.8 Å². The van der Waals surface area contributed by atoms with Crippen molar-refractivity contribution in [1.29, 1.82) is 0 Å². The molecule has 184 valence electrons. The minimum absolute atomic E-state index is 0. The van der Waals surface area contributed by atoms with Crippen molar-refractivity contribution in [1.82, 2.24) is 23.6 Å². The number of carbonyl (C=O) groups excluding carboxylic acids is 1. The van der Waals surface area contributed by atoms with E-state index in [1.165, 1.54) is 33.6 Å². The standard InChI is InChI=1S/C23H19F4N5O2.CH4/c1-13-9-31(12-28-13)18-3-4-19-21(33)30(5-6-32(19)22(18)34)11-14-10-29(2)20-16(14)7-15(8-17(20)24)23(25,26)27;/h3-4,7-10,12H,5-6,11H2,1-2H3;1H4. The number of halogens is 4. The van der Waals surface area contributed by atoms with E-state index in [0.29, 0.717) is 17.3 Å². The zero-order valence-electron chi connectivity index (χ0n) is 18.2. The van der Waals surface area contributed by atoms with E-state index in [1.807, 2.05) is 0 Å². The molecule has 5 rings (SSSR count). The molecule has 1 aromatic carbocycles. The monoisotopic (exact) mass is 489 g/mol. The molecule has 1 aliphatic rings. The van der Waals surface area contributed by atoms with E-state index in [-0.39, 0.29) is 49.2 Å². The van der Waals surface area contributed by atoms with Crippen molar-refractivity contribution in [3.63, 3.8) is 0 Å². The van der Waals surface area contributed by atoms with E-state index < -0.39 is 23.5 Å². The third kappa shape index (κ3) is 4.00. The average Bonchev–Trinajstić information content (AvgIpc) is 3.33. The van der Waals surface area contributed by atoms with Crippen LogP contribution in [0.5, 0.6) is 0 Å². The molecule has 4 heterocycles. The fourth-order valence-electron chi connectivity index (χ4n) is 4.43. The molecule has 1 aliphatic heterocycles. The Morgan fingerprint density at radius 3 is 2.49 bits per heavy atom. The maximum absolute atomic E-state index is 14.5. The maximum Gasteiger partial charge on any atom is 0.416 e. The van der Waals surface area contributed by atoms with E-state index in [4.69, 9.17) is 0 Å². The first-order chi connectivity index (χ1) is 16.0. The Morgan fingerprint density at radius 2 is 1.83 bits per heavy atom. The normalized spacial score (nSPS) is 13.8. The van der Waals surface area contributed by atoms with Gasteiger partial charge in [0.15, 0.2) is 0 Å². The van der Waals surface area contributed by atoms with Gasteiger partial charge in [0, 0.05) is 44.5 Å². The lowest BCUT2D eigenvalue weighted by molar-refractivity contribution is -0.137. The Morgan fingerprint density at radius 1 is 1.09 bits per heavy atom. The van der Waals surface area contributed by atoms with Crippen LogP contribution in [0.3, 0.4) is 0 Å². The summed E-state index contributed by atoms with van der Waals surface area (Å²) in [5.41, 5.74) is 0.263. The molecule has 11 heteroatoms. The van der Waals surface area contributed by atoms with Crippen LogP contribution in [0.1, 0.15) is 34.7 Å². The number of fused-ring (bicyclic) bond motifs is 2. The number of hydrogen-bond acceptors (Lipinski definition) is 3. The second-order valence-electron chi connectivity index (χ2n) is 8.33. The van der Waals surface area contributed by atoms with E-state index in [1.54, 1.807) is 29.8 Å². The van der Waals surface area contributed by atoms with Crippen molar-refractivity contribution in [3.05, 3.63) is 81.7 Å². The van der Waals surface area contributed by atoms with Crippen LogP contribution in [0, 0.1) is 12.7 Å². The maximum atomic E-state index is 14.5. The summed E-state index contributed by atoms with van der Waals surface area (Å²) in [6.07, 6.45) is 0.0440. The molecule has 0 atom stereocenters. The van der Waals surface area contributed by atoms with Gasteiger partial charge in [0.1, 0.15) is 17.2 Å². The van der Waals surface area contributed by atoms with Crippen LogP contribution in [0.25, 0.3) is 16.6 Å². The van der Waals surface area contributed by atoms with Crippen molar-refractivity contribution < 1.29 is 22.4 Å². The molecule has 0 spiro atoms. The van der Waals surface area contributed by atoms with Gasteiger partial charge < -0.3 is 18.6 Å². The van der Waals surface area contributed by atoms with E-state index in [9.17, 15) is 27.2 Å². The molecule has 0 saturated heterocycles. The molecule has 0 saturated carbocycles. The summed E-state index contributed by atoms with van der Waals surface area (Å²) in [7, 11) is 1.54. The van der Waals surface area contributed by atoms with Gasteiger partial charge in [-0.15, -0.1) is 0 Å². The fraction of sp³-hybridized carbons (Fsp3) is 0.292. The lowest BCUT2D eigenvalue weighted by Gasteiger charge is -2.29. The molecule has 0 fully saturated rings. The van der Waals surface area contributed by atoms with Crippen molar-refractivity contribution in [2.24, 2.45) is 7.05 Å². The van der Waals surface area contributed by atoms with Crippen LogP contribution >= 0.6 is 0 Å². The number of imidazole rings is 1. The van der Waals surface area contributed by atoms with Gasteiger partial charge in [-0.05, 0) is 36.8 Å². The van der Waals surface area contributed by atoms with Gasteiger partial charge in [-0.3, -0.25) is 9.59 Å². The highest BCUT2D eigenvalue weighted by atomic mass is 19.4. The Hall–Kier alpha value is -3.89. The van der Waals surface area contributed by atoms with Gasteiger partial charge >= 0.3 is 6.18 Å². The molecule has 0 N–H and O–H groups in total. The number of alkyl halides is 3. The summed E-state index contributed by atoms with van der Waals surface area (Å²) in [5, 5.41) is 0.0939. The van der Waals surface area contributed by atoms with Gasteiger partial charge in [0.05, 0.1) is 23.1 Å². The van der Waals surface area contributed by atoms with Crippen molar-refractivity contribution >= 4 is 16.8 Å². The highest BCUT2D eigenvalue weighted by Gasteiger charge is 2.33. The third-order valence-electron chi connectivity index (χ3n) is 6.04. The van der Waals surface area contributed by atoms with Crippen LogP contribution in [0.2, 0.25) is 0 Å². The van der Waals surface area contributed by atoms with Gasteiger partial charge in [-0.1, -0.05) is 7.43 Å². The fourth-order valence-corrected chi connectivity index (χ4v) is 4.43. The van der Waals surface area contributed by atoms with Crippen molar-refractivity contribution in [2.45, 2.75) is 33.6 Å². The Kier molecular flexibility index (Phi) is 5.82. The smallest absolute Gasteiger partial charge is 0.348 e. The summed E-state index contributed by atoms with van der Waals surface area (Å²) in [4.78, 5) is 31.7. The molecule has 0 bridgehead atoms. The first-order valence-electron chi connectivity index (χ1n) is 10.4. The van der Waals surface area contributed by atoms with Crippen molar-refractivity contribution in [2.75, 3.05) is 6.54 Å². The largest absolute Gasteiger partial charge is 0.416 e. The number of nitrogens with zero attached hydrogens (tertiary/aromatic N) is 5. The number of carbonyl (C=O) groups is 1. The Bertz CT molecular complexity index is 1510. The number of aryl methyl sites for hydroxylation is 2. The lowest BCUT2D eigenvalue weighted by Crippen LogP contribution is -2.44. The minimum atomic E-state index is -4.70. The van der Waals surface area contributed by atoms with Crippen LogP contribution < -0.4 is 5.56 Å². The zero-order valence-corrected chi connectivity index (χ0v) is 18.2. The number of hydrogen-bond donors (Lipinski definition) is 0. The molecule has 35 heavy (non-hydrogen) atoms. The summed E-state index contributed by atoms with van der Waals surface area (Å²) >= 11 is 0. The second kappa shape index (κ2) is 8.40. The Balaban J connectivity index is 0.00000289. The van der Waals surface area contributed by atoms with Crippen LogP contribution in [-0.2, 0) is 26.3 Å². The number of amides is 1. The Labute approximate surface area is 197 Å². The van der Waals surface area contributed by atoms with Gasteiger partial charge in [0.2, 0.25) is 0 Å². The zero-order chi connectivity index (χ0) is 24.4. The van der Waals surface area contributed by atoms with Crippen LogP contribution in [0.15, 0.2) is 47.8 Å². The lowest BCUT2D eigenvalue weighted by atomic mass is 10.1. The summed E-state index contributed by atoms with van der Waals surface area (Å²) in [6, 6.07) is 4.46. The molecule has 4 aromatic rings. The molecule has 0 aliphatic carbocycles. The molecular formula is C24H23F4N5O2. The number of pyridine rings is 1. The minimum Gasteiger partial charge on any atom is -0.348 e. The van der Waals surface area contributed by atoms with Gasteiger partial charge in [-0.25, -0.2) is 9.37 Å². The quantitative estimate of drug-likeness (QED) is 0.404. The number of aromatic nitrogens is 4. The third-order valence-corrected chi connectivity index (χ3v) is 6.04. The molecule has 1 amide bonds. The predicted octanol–water partition coefficient (Wildman–Crippen LogP) is 4.28. The predicted molar refractivity (Wildman–Crippen MR) is 122 cm³/mol. The summed E-state index contributed by atoms with van der Waals surface area (Å²) in [6.45, 7) is 2.17. The molecular weight excluding hydrogens is 466 g/mol.